The number of hydrogen-bond acceptors (Lipinski definition) is 3. The molecule has 5 heteroatoms. The zero-order valence-electron chi connectivity index (χ0n) is 15.4. The molecule has 0 aliphatic rings. The second-order valence-corrected chi connectivity index (χ2v) is 6.39. The molecule has 2 aromatic carbocycles. The van der Waals surface area contributed by atoms with Gasteiger partial charge in [-0.25, -0.2) is 0 Å². The first kappa shape index (κ1) is 19.4. The number of aryl methyl sites for hydroxylation is 3. The maximum atomic E-state index is 12.1. The number of ketones is 1. The average molecular weight is 352 g/mol. The van der Waals surface area contributed by atoms with Crippen LogP contribution in [0.15, 0.2) is 42.5 Å². The van der Waals surface area contributed by atoms with E-state index in [9.17, 15) is 14.4 Å². The van der Waals surface area contributed by atoms with Crippen molar-refractivity contribution in [3.63, 3.8) is 0 Å². The minimum absolute atomic E-state index is 0.0591. The number of benzene rings is 2. The van der Waals surface area contributed by atoms with Crippen molar-refractivity contribution in [1.29, 1.82) is 0 Å². The zero-order valence-corrected chi connectivity index (χ0v) is 15.4. The van der Waals surface area contributed by atoms with Gasteiger partial charge in [-0.15, -0.1) is 0 Å². The van der Waals surface area contributed by atoms with Crippen molar-refractivity contribution in [2.45, 2.75) is 33.6 Å². The Labute approximate surface area is 153 Å². The fraction of sp³-hybridized carbons (Fsp3) is 0.286. The molecule has 0 heterocycles. The largest absolute Gasteiger partial charge is 0.347 e. The van der Waals surface area contributed by atoms with Crippen molar-refractivity contribution in [3.05, 3.63) is 64.7 Å². The van der Waals surface area contributed by atoms with E-state index in [-0.39, 0.29) is 37.0 Å². The van der Waals surface area contributed by atoms with E-state index in [1.165, 1.54) is 0 Å². The minimum atomic E-state index is -0.318. The summed E-state index contributed by atoms with van der Waals surface area (Å²) in [6.07, 6.45) is 0.178. The molecule has 0 atom stereocenters. The summed E-state index contributed by atoms with van der Waals surface area (Å²) in [5, 5.41) is 5.39. The molecule has 5 nitrogen and oxygen atoms in total. The van der Waals surface area contributed by atoms with Crippen LogP contribution in [0.2, 0.25) is 0 Å². The van der Waals surface area contributed by atoms with Gasteiger partial charge in [-0.2, -0.15) is 0 Å². The highest BCUT2D eigenvalue weighted by Gasteiger charge is 2.12. The van der Waals surface area contributed by atoms with Gasteiger partial charge in [0.2, 0.25) is 11.8 Å². The van der Waals surface area contributed by atoms with Crippen LogP contribution in [0.5, 0.6) is 0 Å². The molecule has 0 saturated carbocycles. The standard InChI is InChI=1S/C21H24N2O3/c1-14-11-15(2)21(16(3)12-14)23-20(26)13-22-19(25)10-9-18(24)17-7-5-4-6-8-17/h4-8,11-12H,9-10,13H2,1-3H3,(H,22,25)(H,23,26). The summed E-state index contributed by atoms with van der Waals surface area (Å²) >= 11 is 0. The van der Waals surface area contributed by atoms with E-state index in [4.69, 9.17) is 0 Å². The first-order valence-electron chi connectivity index (χ1n) is 8.59. The van der Waals surface area contributed by atoms with Crippen LogP contribution in [0.25, 0.3) is 0 Å². The average Bonchev–Trinajstić information content (AvgIpc) is 2.61. The topological polar surface area (TPSA) is 75.3 Å². The Bertz CT molecular complexity index is 790. The molecule has 2 rings (SSSR count). The van der Waals surface area contributed by atoms with E-state index in [0.717, 1.165) is 22.4 Å². The maximum Gasteiger partial charge on any atom is 0.243 e. The number of anilines is 1. The van der Waals surface area contributed by atoms with E-state index < -0.39 is 0 Å². The fourth-order valence-electron chi connectivity index (χ4n) is 2.82. The van der Waals surface area contributed by atoms with Crippen molar-refractivity contribution in [1.82, 2.24) is 5.32 Å². The van der Waals surface area contributed by atoms with Crippen LogP contribution in [0.3, 0.4) is 0 Å². The maximum absolute atomic E-state index is 12.1. The van der Waals surface area contributed by atoms with Crippen molar-refractivity contribution < 1.29 is 14.4 Å². The first-order valence-corrected chi connectivity index (χ1v) is 8.59. The summed E-state index contributed by atoms with van der Waals surface area (Å²) in [6, 6.07) is 12.8. The van der Waals surface area contributed by atoms with E-state index in [1.807, 2.05) is 39.0 Å². The number of rotatable bonds is 7. The van der Waals surface area contributed by atoms with Gasteiger partial charge in [0, 0.05) is 24.1 Å². The van der Waals surface area contributed by atoms with Crippen molar-refractivity contribution in [2.75, 3.05) is 11.9 Å². The molecule has 2 N–H and O–H groups in total. The molecule has 136 valence electrons. The van der Waals surface area contributed by atoms with Gasteiger partial charge in [-0.1, -0.05) is 48.0 Å². The van der Waals surface area contributed by atoms with E-state index in [0.29, 0.717) is 5.56 Å². The second-order valence-electron chi connectivity index (χ2n) is 6.39. The normalized spacial score (nSPS) is 10.3. The Morgan fingerprint density at radius 2 is 1.46 bits per heavy atom. The minimum Gasteiger partial charge on any atom is -0.347 e. The highest BCUT2D eigenvalue weighted by molar-refractivity contribution is 5.99. The molecular formula is C21H24N2O3. The summed E-state index contributed by atoms with van der Waals surface area (Å²) in [5.41, 5.74) is 4.46. The molecule has 0 aliphatic carbocycles. The number of hydrogen-bond donors (Lipinski definition) is 2. The van der Waals surface area contributed by atoms with Crippen LogP contribution in [-0.2, 0) is 9.59 Å². The van der Waals surface area contributed by atoms with Crippen LogP contribution < -0.4 is 10.6 Å². The Hall–Kier alpha value is -2.95. The number of Topliss-reactive ketones (excluding diaryl/α,β-unsaturated/α-hetero) is 1. The van der Waals surface area contributed by atoms with Crippen LogP contribution in [-0.4, -0.2) is 24.1 Å². The predicted octanol–water partition coefficient (Wildman–Crippen LogP) is 3.33. The molecule has 0 bridgehead atoms. The van der Waals surface area contributed by atoms with Crippen molar-refractivity contribution in [3.8, 4) is 0 Å². The van der Waals surface area contributed by atoms with Crippen LogP contribution in [0, 0.1) is 20.8 Å². The van der Waals surface area contributed by atoms with Gasteiger partial charge in [0.05, 0.1) is 6.54 Å². The zero-order chi connectivity index (χ0) is 19.1. The van der Waals surface area contributed by atoms with Crippen molar-refractivity contribution >= 4 is 23.3 Å². The third-order valence-corrected chi connectivity index (χ3v) is 4.06. The molecule has 0 fully saturated rings. The highest BCUT2D eigenvalue weighted by atomic mass is 16.2. The van der Waals surface area contributed by atoms with E-state index in [2.05, 4.69) is 10.6 Å². The molecule has 0 radical (unpaired) electrons. The van der Waals surface area contributed by atoms with Gasteiger partial charge < -0.3 is 10.6 Å². The van der Waals surface area contributed by atoms with Gasteiger partial charge in [0.15, 0.2) is 5.78 Å². The third kappa shape index (κ3) is 5.55. The second kappa shape index (κ2) is 8.94. The Morgan fingerprint density at radius 3 is 2.08 bits per heavy atom. The fourth-order valence-corrected chi connectivity index (χ4v) is 2.82. The van der Waals surface area contributed by atoms with Crippen LogP contribution in [0.4, 0.5) is 5.69 Å². The summed E-state index contributed by atoms with van der Waals surface area (Å²) in [7, 11) is 0. The molecular weight excluding hydrogens is 328 g/mol. The van der Waals surface area contributed by atoms with Crippen LogP contribution >= 0.6 is 0 Å². The highest BCUT2D eigenvalue weighted by Crippen LogP contribution is 2.21. The molecule has 0 saturated heterocycles. The lowest BCUT2D eigenvalue weighted by atomic mass is 10.1. The third-order valence-electron chi connectivity index (χ3n) is 4.06. The molecule has 0 spiro atoms. The summed E-state index contributed by atoms with van der Waals surface area (Å²) in [4.78, 5) is 35.9. The molecule has 26 heavy (non-hydrogen) atoms. The summed E-state index contributed by atoms with van der Waals surface area (Å²) in [5.74, 6) is -0.694. The summed E-state index contributed by atoms with van der Waals surface area (Å²) < 4.78 is 0. The van der Waals surface area contributed by atoms with Gasteiger partial charge in [-0.3, -0.25) is 14.4 Å². The lowest BCUT2D eigenvalue weighted by Gasteiger charge is -2.13. The quantitative estimate of drug-likeness (QED) is 0.751. The predicted molar refractivity (Wildman–Crippen MR) is 102 cm³/mol. The smallest absolute Gasteiger partial charge is 0.243 e. The lowest BCUT2D eigenvalue weighted by Crippen LogP contribution is -2.33. The molecule has 0 aromatic heterocycles. The lowest BCUT2D eigenvalue weighted by molar-refractivity contribution is -0.124. The first-order chi connectivity index (χ1) is 12.4. The number of carbonyl (C=O) groups is 3. The van der Waals surface area contributed by atoms with Gasteiger partial charge in [-0.05, 0) is 31.9 Å². The molecule has 0 aliphatic heterocycles. The monoisotopic (exact) mass is 352 g/mol. The van der Waals surface area contributed by atoms with E-state index >= 15 is 0 Å². The molecule has 0 unspecified atom stereocenters. The summed E-state index contributed by atoms with van der Waals surface area (Å²) in [6.45, 7) is 5.75. The SMILES string of the molecule is Cc1cc(C)c(NC(=O)CNC(=O)CCC(=O)c2ccccc2)c(C)c1. The molecule has 2 aromatic rings. The Kier molecular flexibility index (Phi) is 6.67. The Morgan fingerprint density at radius 1 is 0.846 bits per heavy atom. The number of amides is 2. The number of carbonyl (C=O) groups excluding carboxylic acids is 3. The van der Waals surface area contributed by atoms with Crippen molar-refractivity contribution in [2.24, 2.45) is 0 Å². The van der Waals surface area contributed by atoms with Gasteiger partial charge >= 0.3 is 0 Å². The number of nitrogens with one attached hydrogen (secondary N) is 2. The van der Waals surface area contributed by atoms with Gasteiger partial charge in [0.25, 0.3) is 0 Å². The van der Waals surface area contributed by atoms with E-state index in [1.54, 1.807) is 24.3 Å². The van der Waals surface area contributed by atoms with Gasteiger partial charge in [0.1, 0.15) is 0 Å². The molecule has 2 amide bonds. The Balaban J connectivity index is 1.79. The van der Waals surface area contributed by atoms with Crippen LogP contribution in [0.1, 0.15) is 39.9 Å².